The minimum atomic E-state index is -0.970. The van der Waals surface area contributed by atoms with E-state index in [0.717, 1.165) is 5.56 Å². The summed E-state index contributed by atoms with van der Waals surface area (Å²) in [6, 6.07) is 6.31. The molecule has 0 bridgehead atoms. The van der Waals surface area contributed by atoms with Gasteiger partial charge in [0.25, 0.3) is 0 Å². The van der Waals surface area contributed by atoms with Crippen molar-refractivity contribution in [1.82, 2.24) is 4.90 Å². The van der Waals surface area contributed by atoms with Gasteiger partial charge < -0.3 is 14.7 Å². The van der Waals surface area contributed by atoms with E-state index in [9.17, 15) is 14.7 Å². The van der Waals surface area contributed by atoms with Crippen molar-refractivity contribution in [2.45, 2.75) is 39.5 Å². The van der Waals surface area contributed by atoms with Crippen LogP contribution in [0.2, 0.25) is 0 Å². The molecule has 0 spiro atoms. The van der Waals surface area contributed by atoms with E-state index in [0.29, 0.717) is 32.2 Å². The first-order chi connectivity index (χ1) is 11.4. The topological polar surface area (TPSA) is 66.8 Å². The number of amides is 1. The average molecular weight is 333 g/mol. The maximum Gasteiger partial charge on any atom is 0.313 e. The lowest BCUT2D eigenvalue weighted by Gasteiger charge is -2.39. The first-order valence-corrected chi connectivity index (χ1v) is 8.43. The van der Waals surface area contributed by atoms with Crippen LogP contribution in [0.1, 0.15) is 36.0 Å². The second kappa shape index (κ2) is 7.79. The van der Waals surface area contributed by atoms with Gasteiger partial charge >= 0.3 is 5.97 Å². The predicted octanol–water partition coefficient (Wildman–Crippen LogP) is 2.58. The molecule has 1 aliphatic rings. The number of carboxylic acids is 1. The van der Waals surface area contributed by atoms with E-state index in [1.54, 1.807) is 4.90 Å². The van der Waals surface area contributed by atoms with Gasteiger partial charge in [0, 0.05) is 26.6 Å². The number of carbonyl (C=O) groups excluding carboxylic acids is 1. The molecule has 1 aromatic carbocycles. The molecule has 1 saturated heterocycles. The number of methoxy groups -OCH3 is 1. The molecule has 0 radical (unpaired) electrons. The molecule has 0 aromatic heterocycles. The van der Waals surface area contributed by atoms with Crippen LogP contribution in [0.5, 0.6) is 0 Å². The third-order valence-electron chi connectivity index (χ3n) is 4.71. The Morgan fingerprint density at radius 2 is 1.92 bits per heavy atom. The monoisotopic (exact) mass is 333 g/mol. The van der Waals surface area contributed by atoms with Crippen LogP contribution in [-0.2, 0) is 20.7 Å². The molecule has 1 aromatic rings. The van der Waals surface area contributed by atoms with Crippen LogP contribution in [0.4, 0.5) is 0 Å². The number of piperidine rings is 1. The summed E-state index contributed by atoms with van der Waals surface area (Å²) in [5.41, 5.74) is 2.57. The molecule has 0 saturated carbocycles. The van der Waals surface area contributed by atoms with Crippen molar-refractivity contribution in [3.05, 3.63) is 34.9 Å². The Labute approximate surface area is 143 Å². The van der Waals surface area contributed by atoms with Crippen LogP contribution >= 0.6 is 0 Å². The van der Waals surface area contributed by atoms with Crippen molar-refractivity contribution in [1.29, 1.82) is 0 Å². The van der Waals surface area contributed by atoms with Gasteiger partial charge in [-0.15, -0.1) is 0 Å². The molecule has 1 atom stereocenters. The minimum absolute atomic E-state index is 0.0237. The number of aryl methyl sites for hydroxylation is 3. The summed E-state index contributed by atoms with van der Waals surface area (Å²) in [6.07, 6.45) is 2.34. The van der Waals surface area contributed by atoms with Crippen LogP contribution in [0.15, 0.2) is 18.2 Å². The molecule has 5 nitrogen and oxygen atoms in total. The average Bonchev–Trinajstić information content (AvgIpc) is 2.52. The number of likely N-dealkylation sites (tertiary alicyclic amines) is 1. The number of hydrogen-bond acceptors (Lipinski definition) is 3. The summed E-state index contributed by atoms with van der Waals surface area (Å²) in [6.45, 7) is 5.11. The number of hydrogen-bond donors (Lipinski definition) is 1. The zero-order chi connectivity index (χ0) is 17.7. The van der Waals surface area contributed by atoms with Gasteiger partial charge in [0.15, 0.2) is 0 Å². The van der Waals surface area contributed by atoms with E-state index in [-0.39, 0.29) is 19.1 Å². The Hall–Kier alpha value is -1.88. The second-order valence-corrected chi connectivity index (χ2v) is 6.93. The molecule has 24 heavy (non-hydrogen) atoms. The number of rotatable bonds is 6. The maximum absolute atomic E-state index is 12.5. The van der Waals surface area contributed by atoms with Gasteiger partial charge in [-0.25, -0.2) is 0 Å². The molecule has 5 heteroatoms. The molecule has 2 rings (SSSR count). The highest BCUT2D eigenvalue weighted by atomic mass is 16.5. The lowest BCUT2D eigenvalue weighted by molar-refractivity contribution is -0.159. The number of carboxylic acid groups (broad SMARTS) is 1. The van der Waals surface area contributed by atoms with Crippen molar-refractivity contribution < 1.29 is 19.4 Å². The van der Waals surface area contributed by atoms with Crippen molar-refractivity contribution in [3.8, 4) is 0 Å². The van der Waals surface area contributed by atoms with Crippen molar-refractivity contribution >= 4 is 11.9 Å². The van der Waals surface area contributed by atoms with E-state index in [2.05, 4.69) is 32.0 Å². The number of benzene rings is 1. The smallest absolute Gasteiger partial charge is 0.313 e. The van der Waals surface area contributed by atoms with Crippen LogP contribution in [0, 0.1) is 19.3 Å². The Kier molecular flexibility index (Phi) is 5.99. The van der Waals surface area contributed by atoms with Gasteiger partial charge in [-0.2, -0.15) is 0 Å². The molecule has 1 N–H and O–H groups in total. The summed E-state index contributed by atoms with van der Waals surface area (Å²) >= 11 is 0. The first-order valence-electron chi connectivity index (χ1n) is 8.43. The molecule has 1 heterocycles. The number of ether oxygens (including phenoxy) is 1. The Bertz CT molecular complexity index is 589. The largest absolute Gasteiger partial charge is 0.481 e. The van der Waals surface area contributed by atoms with E-state index in [4.69, 9.17) is 4.74 Å². The van der Waals surface area contributed by atoms with Gasteiger partial charge in [0.2, 0.25) is 5.91 Å². The van der Waals surface area contributed by atoms with E-state index in [1.807, 2.05) is 0 Å². The minimum Gasteiger partial charge on any atom is -0.481 e. The highest BCUT2D eigenvalue weighted by Crippen LogP contribution is 2.31. The van der Waals surface area contributed by atoms with Crippen molar-refractivity contribution in [2.24, 2.45) is 5.41 Å². The Balaban J connectivity index is 2.00. The SMILES string of the molecule is COCC1(C(=O)O)CCCN(C(=O)CCc2cc(C)cc(C)c2)C1. The summed E-state index contributed by atoms with van der Waals surface area (Å²) in [5, 5.41) is 9.57. The highest BCUT2D eigenvalue weighted by molar-refractivity contribution is 5.80. The van der Waals surface area contributed by atoms with Crippen LogP contribution in [-0.4, -0.2) is 48.7 Å². The number of nitrogens with zero attached hydrogens (tertiary/aromatic N) is 1. The Morgan fingerprint density at radius 3 is 2.50 bits per heavy atom. The molecule has 1 amide bonds. The third-order valence-corrected chi connectivity index (χ3v) is 4.71. The standard InChI is InChI=1S/C19H27NO4/c1-14-9-15(2)11-16(10-14)5-6-17(21)20-8-4-7-19(12-20,13-24-3)18(22)23/h9-11H,4-8,12-13H2,1-3H3,(H,22,23). The molecular weight excluding hydrogens is 306 g/mol. The number of aliphatic carboxylic acids is 1. The summed E-state index contributed by atoms with van der Waals surface area (Å²) < 4.78 is 5.11. The molecule has 1 unspecified atom stereocenters. The van der Waals surface area contributed by atoms with Crippen molar-refractivity contribution in [2.75, 3.05) is 26.8 Å². The first kappa shape index (κ1) is 18.5. The zero-order valence-corrected chi connectivity index (χ0v) is 14.8. The van der Waals surface area contributed by atoms with Crippen molar-refractivity contribution in [3.63, 3.8) is 0 Å². The quantitative estimate of drug-likeness (QED) is 0.869. The predicted molar refractivity (Wildman–Crippen MR) is 92.0 cm³/mol. The zero-order valence-electron chi connectivity index (χ0n) is 14.8. The van der Waals surface area contributed by atoms with Gasteiger partial charge in [-0.3, -0.25) is 9.59 Å². The Morgan fingerprint density at radius 1 is 1.25 bits per heavy atom. The van der Waals surface area contributed by atoms with E-state index in [1.165, 1.54) is 18.2 Å². The van der Waals surface area contributed by atoms with Gasteiger partial charge in [-0.05, 0) is 38.7 Å². The second-order valence-electron chi connectivity index (χ2n) is 6.93. The lowest BCUT2D eigenvalue weighted by atomic mass is 9.80. The van der Waals surface area contributed by atoms with E-state index >= 15 is 0 Å². The maximum atomic E-state index is 12.5. The lowest BCUT2D eigenvalue weighted by Crippen LogP contribution is -2.52. The highest BCUT2D eigenvalue weighted by Gasteiger charge is 2.43. The molecular formula is C19H27NO4. The number of carbonyl (C=O) groups is 2. The van der Waals surface area contributed by atoms with E-state index < -0.39 is 11.4 Å². The normalized spacial score (nSPS) is 20.9. The van der Waals surface area contributed by atoms with Crippen LogP contribution in [0.3, 0.4) is 0 Å². The molecule has 1 aliphatic heterocycles. The fourth-order valence-corrected chi connectivity index (χ4v) is 3.60. The summed E-state index contributed by atoms with van der Waals surface area (Å²) in [5.74, 6) is -0.855. The third kappa shape index (κ3) is 4.35. The summed E-state index contributed by atoms with van der Waals surface area (Å²) in [4.78, 5) is 25.9. The van der Waals surface area contributed by atoms with Crippen LogP contribution < -0.4 is 0 Å². The van der Waals surface area contributed by atoms with Gasteiger partial charge in [-0.1, -0.05) is 29.3 Å². The van der Waals surface area contributed by atoms with Gasteiger partial charge in [0.1, 0.15) is 5.41 Å². The fourth-order valence-electron chi connectivity index (χ4n) is 3.60. The van der Waals surface area contributed by atoms with Crippen LogP contribution in [0.25, 0.3) is 0 Å². The molecule has 1 fully saturated rings. The van der Waals surface area contributed by atoms with Gasteiger partial charge in [0.05, 0.1) is 6.61 Å². The molecule has 0 aliphatic carbocycles. The molecule has 132 valence electrons. The fraction of sp³-hybridized carbons (Fsp3) is 0.579. The summed E-state index contributed by atoms with van der Waals surface area (Å²) in [7, 11) is 1.51.